The minimum atomic E-state index is -0.831. The van der Waals surface area contributed by atoms with Crippen molar-refractivity contribution < 1.29 is 8.78 Å². The normalized spacial score (nSPS) is 24.6. The Morgan fingerprint density at radius 3 is 2.71 bits per heavy atom. The number of aromatic nitrogens is 2. The molecule has 1 aromatic heterocycles. The van der Waals surface area contributed by atoms with E-state index >= 15 is 0 Å². The van der Waals surface area contributed by atoms with Crippen molar-refractivity contribution in [2.24, 2.45) is 5.92 Å². The largest absolute Gasteiger partial charge is 0.327 e. The average molecular weight is 236 g/mol. The maximum absolute atomic E-state index is 13.3. The van der Waals surface area contributed by atoms with Gasteiger partial charge in [-0.25, -0.2) is 13.8 Å². The highest BCUT2D eigenvalue weighted by Gasteiger charge is 2.24. The van der Waals surface area contributed by atoms with Gasteiger partial charge in [0, 0.05) is 18.2 Å². The Kier molecular flexibility index (Phi) is 2.38. The molecule has 4 heteroatoms. The van der Waals surface area contributed by atoms with E-state index in [1.807, 2.05) is 4.57 Å². The molecule has 2 aromatic rings. The second-order valence-electron chi connectivity index (χ2n) is 4.98. The standard InChI is InChI=1S/C13H14F2N2/c1-8-2-3-9(4-8)17-7-16-12-5-10(14)11(15)6-13(12)17/h5-9H,2-4H2,1H3. The summed E-state index contributed by atoms with van der Waals surface area (Å²) in [4.78, 5) is 4.15. The zero-order valence-corrected chi connectivity index (χ0v) is 9.66. The maximum Gasteiger partial charge on any atom is 0.161 e. The zero-order chi connectivity index (χ0) is 12.0. The quantitative estimate of drug-likeness (QED) is 0.738. The molecule has 0 saturated heterocycles. The summed E-state index contributed by atoms with van der Waals surface area (Å²) >= 11 is 0. The second kappa shape index (κ2) is 3.79. The summed E-state index contributed by atoms with van der Waals surface area (Å²) in [5.41, 5.74) is 1.23. The van der Waals surface area contributed by atoms with Crippen LogP contribution in [0.3, 0.4) is 0 Å². The van der Waals surface area contributed by atoms with Gasteiger partial charge in [-0.05, 0) is 25.2 Å². The van der Waals surface area contributed by atoms with Crippen LogP contribution in [-0.4, -0.2) is 9.55 Å². The van der Waals surface area contributed by atoms with Crippen LogP contribution in [0.25, 0.3) is 11.0 Å². The lowest BCUT2D eigenvalue weighted by Crippen LogP contribution is -2.03. The zero-order valence-electron chi connectivity index (χ0n) is 9.66. The van der Waals surface area contributed by atoms with Gasteiger partial charge in [0.2, 0.25) is 0 Å². The van der Waals surface area contributed by atoms with E-state index in [0.29, 0.717) is 23.0 Å². The predicted molar refractivity (Wildman–Crippen MR) is 61.7 cm³/mol. The van der Waals surface area contributed by atoms with Crippen LogP contribution in [0, 0.1) is 17.6 Å². The van der Waals surface area contributed by atoms with E-state index in [-0.39, 0.29) is 0 Å². The molecule has 2 nitrogen and oxygen atoms in total. The first-order valence-electron chi connectivity index (χ1n) is 5.96. The molecular weight excluding hydrogens is 222 g/mol. The first-order chi connectivity index (χ1) is 8.15. The van der Waals surface area contributed by atoms with Crippen LogP contribution >= 0.6 is 0 Å². The number of halogens is 2. The van der Waals surface area contributed by atoms with E-state index in [4.69, 9.17) is 0 Å². The summed E-state index contributed by atoms with van der Waals surface area (Å²) in [7, 11) is 0. The van der Waals surface area contributed by atoms with E-state index in [1.165, 1.54) is 18.6 Å². The Hall–Kier alpha value is -1.45. The average Bonchev–Trinajstić information content (AvgIpc) is 2.86. The molecule has 0 radical (unpaired) electrons. The molecule has 0 spiro atoms. The Morgan fingerprint density at radius 2 is 2.00 bits per heavy atom. The van der Waals surface area contributed by atoms with Gasteiger partial charge in [0.05, 0.1) is 17.4 Å². The van der Waals surface area contributed by atoms with Crippen molar-refractivity contribution in [1.29, 1.82) is 0 Å². The van der Waals surface area contributed by atoms with Crippen molar-refractivity contribution in [3.63, 3.8) is 0 Å². The first kappa shape index (κ1) is 10.7. The van der Waals surface area contributed by atoms with E-state index in [0.717, 1.165) is 12.8 Å². The van der Waals surface area contributed by atoms with Crippen LogP contribution in [0.15, 0.2) is 18.5 Å². The van der Waals surface area contributed by atoms with Gasteiger partial charge in [-0.1, -0.05) is 6.92 Å². The summed E-state index contributed by atoms with van der Waals surface area (Å²) in [6.07, 6.45) is 5.07. The van der Waals surface area contributed by atoms with Crippen molar-refractivity contribution in [1.82, 2.24) is 9.55 Å². The van der Waals surface area contributed by atoms with E-state index in [9.17, 15) is 8.78 Å². The number of benzene rings is 1. The SMILES string of the molecule is CC1CCC(n2cnc3cc(F)c(F)cc32)C1. The van der Waals surface area contributed by atoms with Crippen molar-refractivity contribution in [2.45, 2.75) is 32.2 Å². The minimum Gasteiger partial charge on any atom is -0.327 e. The summed E-state index contributed by atoms with van der Waals surface area (Å²) in [6, 6.07) is 2.79. The Bertz CT molecular complexity index is 562. The summed E-state index contributed by atoms with van der Waals surface area (Å²) in [6.45, 7) is 2.22. The van der Waals surface area contributed by atoms with E-state index in [1.54, 1.807) is 6.33 Å². The molecule has 0 N–H and O–H groups in total. The first-order valence-corrected chi connectivity index (χ1v) is 5.96. The van der Waals surface area contributed by atoms with Gasteiger partial charge < -0.3 is 4.57 Å². The van der Waals surface area contributed by atoms with Crippen LogP contribution in [0.1, 0.15) is 32.2 Å². The number of hydrogen-bond donors (Lipinski definition) is 0. The minimum absolute atomic E-state index is 0.375. The van der Waals surface area contributed by atoms with Crippen molar-refractivity contribution in [2.75, 3.05) is 0 Å². The highest BCUT2D eigenvalue weighted by Crippen LogP contribution is 2.36. The van der Waals surface area contributed by atoms with Crippen molar-refractivity contribution in [3.05, 3.63) is 30.1 Å². The van der Waals surface area contributed by atoms with Crippen LogP contribution in [0.2, 0.25) is 0 Å². The molecule has 2 unspecified atom stereocenters. The number of imidazole rings is 1. The third-order valence-corrected chi connectivity index (χ3v) is 3.68. The molecule has 3 rings (SSSR count). The molecule has 1 saturated carbocycles. The molecule has 90 valence electrons. The topological polar surface area (TPSA) is 17.8 Å². The lowest BCUT2D eigenvalue weighted by molar-refractivity contribution is 0.498. The molecule has 17 heavy (non-hydrogen) atoms. The Labute approximate surface area is 98.3 Å². The number of rotatable bonds is 1. The highest BCUT2D eigenvalue weighted by molar-refractivity contribution is 5.75. The predicted octanol–water partition coefficient (Wildman–Crippen LogP) is 3.68. The lowest BCUT2D eigenvalue weighted by Gasteiger charge is -2.12. The fourth-order valence-corrected chi connectivity index (χ4v) is 2.74. The Balaban J connectivity index is 2.08. The van der Waals surface area contributed by atoms with Crippen LogP contribution < -0.4 is 0 Å². The summed E-state index contributed by atoms with van der Waals surface area (Å²) in [5.74, 6) is -0.935. The van der Waals surface area contributed by atoms with E-state index < -0.39 is 11.6 Å². The van der Waals surface area contributed by atoms with Crippen LogP contribution in [-0.2, 0) is 0 Å². The molecule has 0 bridgehead atoms. The van der Waals surface area contributed by atoms with Crippen molar-refractivity contribution in [3.8, 4) is 0 Å². The molecule has 1 aliphatic rings. The van der Waals surface area contributed by atoms with Gasteiger partial charge >= 0.3 is 0 Å². The summed E-state index contributed by atoms with van der Waals surface area (Å²) in [5, 5.41) is 0. The number of nitrogens with zero attached hydrogens (tertiary/aromatic N) is 2. The molecule has 0 aliphatic heterocycles. The monoisotopic (exact) mass is 236 g/mol. The molecular formula is C13H14F2N2. The summed E-state index contributed by atoms with van der Waals surface area (Å²) < 4.78 is 28.3. The fourth-order valence-electron chi connectivity index (χ4n) is 2.74. The second-order valence-corrected chi connectivity index (χ2v) is 4.98. The van der Waals surface area contributed by atoms with Gasteiger partial charge in [-0.15, -0.1) is 0 Å². The van der Waals surface area contributed by atoms with Gasteiger partial charge in [0.25, 0.3) is 0 Å². The maximum atomic E-state index is 13.3. The number of hydrogen-bond acceptors (Lipinski definition) is 1. The highest BCUT2D eigenvalue weighted by atomic mass is 19.2. The molecule has 2 atom stereocenters. The van der Waals surface area contributed by atoms with Gasteiger partial charge in [0.1, 0.15) is 0 Å². The van der Waals surface area contributed by atoms with Gasteiger partial charge in [0.15, 0.2) is 11.6 Å². The van der Waals surface area contributed by atoms with Crippen LogP contribution in [0.4, 0.5) is 8.78 Å². The Morgan fingerprint density at radius 1 is 1.24 bits per heavy atom. The smallest absolute Gasteiger partial charge is 0.161 e. The van der Waals surface area contributed by atoms with Gasteiger partial charge in [-0.3, -0.25) is 0 Å². The fraction of sp³-hybridized carbons (Fsp3) is 0.462. The van der Waals surface area contributed by atoms with Crippen molar-refractivity contribution >= 4 is 11.0 Å². The third kappa shape index (κ3) is 1.72. The van der Waals surface area contributed by atoms with Crippen LogP contribution in [0.5, 0.6) is 0 Å². The third-order valence-electron chi connectivity index (χ3n) is 3.68. The molecule has 0 amide bonds. The number of fused-ring (bicyclic) bond motifs is 1. The molecule has 1 fully saturated rings. The van der Waals surface area contributed by atoms with E-state index in [2.05, 4.69) is 11.9 Å². The van der Waals surface area contributed by atoms with Gasteiger partial charge in [-0.2, -0.15) is 0 Å². The molecule has 1 aromatic carbocycles. The molecule has 1 aliphatic carbocycles. The molecule has 1 heterocycles. The lowest BCUT2D eigenvalue weighted by atomic mass is 10.1.